The molecule has 8 nitrogen and oxygen atoms in total. The number of carbonyl (C=O) groups excluding carboxylic acids is 2. The fraction of sp³-hybridized carbons (Fsp3) is 0.174. The van der Waals surface area contributed by atoms with Crippen molar-refractivity contribution >= 4 is 39.5 Å². The van der Waals surface area contributed by atoms with Crippen LogP contribution in [0.15, 0.2) is 54.6 Å². The Bertz CT molecular complexity index is 1110. The van der Waals surface area contributed by atoms with Crippen LogP contribution in [0, 0.1) is 0 Å². The lowest BCUT2D eigenvalue weighted by Gasteiger charge is -2.07. The molecule has 0 aliphatic rings. The van der Waals surface area contributed by atoms with E-state index < -0.39 is 6.09 Å². The van der Waals surface area contributed by atoms with Crippen LogP contribution in [-0.2, 0) is 9.53 Å². The Hall–Kier alpha value is -3.85. The number of hydrogen-bond donors (Lipinski definition) is 2. The Kier molecular flexibility index (Phi) is 7.82. The number of carbonyl (C=O) groups is 2. The summed E-state index contributed by atoms with van der Waals surface area (Å²) in [6.45, 7) is 1.96. The van der Waals surface area contributed by atoms with Crippen LogP contribution in [0.5, 0.6) is 11.5 Å². The number of methoxy groups -OCH3 is 2. The van der Waals surface area contributed by atoms with Gasteiger partial charge in [-0.3, -0.25) is 10.1 Å². The quantitative estimate of drug-likeness (QED) is 0.463. The highest BCUT2D eigenvalue weighted by Crippen LogP contribution is 2.36. The van der Waals surface area contributed by atoms with E-state index in [4.69, 9.17) is 14.2 Å². The van der Waals surface area contributed by atoms with Crippen molar-refractivity contribution in [1.29, 1.82) is 0 Å². The van der Waals surface area contributed by atoms with Crippen LogP contribution in [0.2, 0.25) is 0 Å². The van der Waals surface area contributed by atoms with E-state index in [0.717, 1.165) is 22.5 Å². The predicted octanol–water partition coefficient (Wildman–Crippen LogP) is 5.05. The average Bonchev–Trinajstić information content (AvgIpc) is 3.19. The molecule has 0 radical (unpaired) electrons. The maximum Gasteiger partial charge on any atom is 0.413 e. The fourth-order valence-electron chi connectivity index (χ4n) is 2.79. The predicted molar refractivity (Wildman–Crippen MR) is 125 cm³/mol. The zero-order valence-corrected chi connectivity index (χ0v) is 18.7. The second-order valence-corrected chi connectivity index (χ2v) is 7.34. The molecule has 32 heavy (non-hydrogen) atoms. The lowest BCUT2D eigenvalue weighted by atomic mass is 10.1. The molecule has 0 saturated carbocycles. The molecule has 2 aromatic carbocycles. The number of anilines is 2. The molecule has 0 aliphatic carbocycles. The van der Waals surface area contributed by atoms with Crippen molar-refractivity contribution in [1.82, 2.24) is 4.98 Å². The molecule has 1 heterocycles. The summed E-state index contributed by atoms with van der Waals surface area (Å²) in [5, 5.41) is 6.24. The Morgan fingerprint density at radius 2 is 1.78 bits per heavy atom. The monoisotopic (exact) mass is 453 g/mol. The Morgan fingerprint density at radius 3 is 2.47 bits per heavy atom. The van der Waals surface area contributed by atoms with Gasteiger partial charge in [-0.15, -0.1) is 0 Å². The molecule has 0 fully saturated rings. The summed E-state index contributed by atoms with van der Waals surface area (Å²) in [6, 6.07) is 14.7. The van der Waals surface area contributed by atoms with Gasteiger partial charge in [0, 0.05) is 11.6 Å². The highest BCUT2D eigenvalue weighted by atomic mass is 32.1. The van der Waals surface area contributed by atoms with Gasteiger partial charge < -0.3 is 19.5 Å². The molecule has 166 valence electrons. The number of ether oxygens (including phenoxy) is 3. The molecule has 0 atom stereocenters. The first kappa shape index (κ1) is 22.8. The molecule has 1 aromatic heterocycles. The van der Waals surface area contributed by atoms with Crippen LogP contribution >= 0.6 is 11.3 Å². The van der Waals surface area contributed by atoms with Gasteiger partial charge in [-0.2, -0.15) is 0 Å². The van der Waals surface area contributed by atoms with Gasteiger partial charge in [0.05, 0.1) is 20.8 Å². The maximum atomic E-state index is 12.6. The molecule has 2 amide bonds. The SMILES string of the molecule is CCOC(=O)Nc1nc(-c2ccccc2)c(NC(=O)/C=C\c2ccc(OC)c(OC)c2)s1. The lowest BCUT2D eigenvalue weighted by Crippen LogP contribution is -2.12. The number of thiazole rings is 1. The number of rotatable bonds is 8. The minimum absolute atomic E-state index is 0.243. The van der Waals surface area contributed by atoms with Crippen LogP contribution in [0.1, 0.15) is 12.5 Å². The van der Waals surface area contributed by atoms with Crippen molar-refractivity contribution in [3.63, 3.8) is 0 Å². The number of benzene rings is 2. The van der Waals surface area contributed by atoms with Crippen molar-refractivity contribution in [2.45, 2.75) is 6.92 Å². The molecule has 2 N–H and O–H groups in total. The highest BCUT2D eigenvalue weighted by Gasteiger charge is 2.16. The number of nitrogens with zero attached hydrogens (tertiary/aromatic N) is 1. The van der Waals surface area contributed by atoms with E-state index in [9.17, 15) is 9.59 Å². The van der Waals surface area contributed by atoms with Gasteiger partial charge in [-0.1, -0.05) is 47.7 Å². The van der Waals surface area contributed by atoms with Gasteiger partial charge in [-0.05, 0) is 30.7 Å². The zero-order chi connectivity index (χ0) is 22.9. The number of amides is 2. The number of hydrogen-bond acceptors (Lipinski definition) is 7. The van der Waals surface area contributed by atoms with Gasteiger partial charge in [0.25, 0.3) is 0 Å². The molecule has 0 unspecified atom stereocenters. The van der Waals surface area contributed by atoms with E-state index in [1.807, 2.05) is 36.4 Å². The summed E-state index contributed by atoms with van der Waals surface area (Å²) in [4.78, 5) is 28.8. The van der Waals surface area contributed by atoms with Gasteiger partial charge in [0.15, 0.2) is 16.6 Å². The van der Waals surface area contributed by atoms with E-state index in [1.54, 1.807) is 39.4 Å². The Labute approximate surface area is 189 Å². The fourth-order valence-corrected chi connectivity index (χ4v) is 3.66. The number of aromatic nitrogens is 1. The topological polar surface area (TPSA) is 98.8 Å². The van der Waals surface area contributed by atoms with E-state index in [1.165, 1.54) is 6.08 Å². The van der Waals surface area contributed by atoms with Crippen molar-refractivity contribution < 1.29 is 23.8 Å². The Balaban J connectivity index is 1.80. The van der Waals surface area contributed by atoms with Crippen LogP contribution in [0.3, 0.4) is 0 Å². The highest BCUT2D eigenvalue weighted by molar-refractivity contribution is 7.20. The van der Waals surface area contributed by atoms with Crippen molar-refractivity contribution in [3.8, 4) is 22.8 Å². The normalized spacial score (nSPS) is 10.6. The van der Waals surface area contributed by atoms with Crippen molar-refractivity contribution in [3.05, 3.63) is 60.2 Å². The third-order valence-corrected chi connectivity index (χ3v) is 5.12. The molecule has 9 heteroatoms. The summed E-state index contributed by atoms with van der Waals surface area (Å²) in [5.74, 6) is 0.828. The van der Waals surface area contributed by atoms with Gasteiger partial charge in [-0.25, -0.2) is 9.78 Å². The third-order valence-electron chi connectivity index (χ3n) is 4.23. The van der Waals surface area contributed by atoms with Crippen molar-refractivity contribution in [2.24, 2.45) is 0 Å². The molecule has 0 spiro atoms. The van der Waals surface area contributed by atoms with E-state index in [0.29, 0.717) is 27.3 Å². The summed E-state index contributed by atoms with van der Waals surface area (Å²) in [5.41, 5.74) is 2.13. The molecule has 0 aliphatic heterocycles. The average molecular weight is 454 g/mol. The van der Waals surface area contributed by atoms with E-state index >= 15 is 0 Å². The van der Waals surface area contributed by atoms with Crippen LogP contribution in [-0.4, -0.2) is 37.8 Å². The summed E-state index contributed by atoms with van der Waals surface area (Å²) in [6.07, 6.45) is 2.47. The summed E-state index contributed by atoms with van der Waals surface area (Å²) >= 11 is 1.14. The first-order valence-electron chi connectivity index (χ1n) is 9.75. The summed E-state index contributed by atoms with van der Waals surface area (Å²) < 4.78 is 15.4. The molecule has 0 bridgehead atoms. The Morgan fingerprint density at radius 1 is 1.03 bits per heavy atom. The number of nitrogens with one attached hydrogen (secondary N) is 2. The first-order valence-corrected chi connectivity index (χ1v) is 10.6. The van der Waals surface area contributed by atoms with Gasteiger partial charge in [0.2, 0.25) is 5.91 Å². The lowest BCUT2D eigenvalue weighted by molar-refractivity contribution is -0.111. The second-order valence-electron chi connectivity index (χ2n) is 6.35. The molecule has 3 aromatic rings. The largest absolute Gasteiger partial charge is 0.493 e. The smallest absolute Gasteiger partial charge is 0.413 e. The van der Waals surface area contributed by atoms with Crippen LogP contribution < -0.4 is 20.1 Å². The minimum Gasteiger partial charge on any atom is -0.493 e. The summed E-state index contributed by atoms with van der Waals surface area (Å²) in [7, 11) is 3.11. The second kappa shape index (κ2) is 11.0. The zero-order valence-electron chi connectivity index (χ0n) is 17.9. The van der Waals surface area contributed by atoms with Crippen LogP contribution in [0.25, 0.3) is 17.3 Å². The molecular formula is C23H23N3O5S. The van der Waals surface area contributed by atoms with Gasteiger partial charge in [0.1, 0.15) is 10.7 Å². The first-order chi connectivity index (χ1) is 15.5. The molecular weight excluding hydrogens is 430 g/mol. The third kappa shape index (κ3) is 5.86. The molecule has 3 rings (SSSR count). The van der Waals surface area contributed by atoms with Gasteiger partial charge >= 0.3 is 6.09 Å². The van der Waals surface area contributed by atoms with E-state index in [-0.39, 0.29) is 12.5 Å². The maximum absolute atomic E-state index is 12.6. The van der Waals surface area contributed by atoms with Crippen LogP contribution in [0.4, 0.5) is 14.9 Å². The minimum atomic E-state index is -0.605. The van der Waals surface area contributed by atoms with E-state index in [2.05, 4.69) is 15.6 Å². The molecule has 0 saturated heterocycles. The van der Waals surface area contributed by atoms with Crippen molar-refractivity contribution in [2.75, 3.05) is 31.5 Å². The standard InChI is InChI=1S/C23H23N3O5S/c1-4-31-23(28)26-22-25-20(16-8-6-5-7-9-16)21(32-22)24-19(27)13-11-15-10-12-17(29-2)18(14-15)30-3/h5-14H,4H2,1-3H3,(H,24,27)(H,25,26,28)/b13-11-.